The lowest BCUT2D eigenvalue weighted by molar-refractivity contribution is -0.161. The van der Waals surface area contributed by atoms with E-state index in [4.69, 9.17) is 24.3 Å². The van der Waals surface area contributed by atoms with E-state index in [1.54, 1.807) is 0 Å². The Kier molecular flexibility index (Phi) is 46.6. The Morgan fingerprint density at radius 3 is 1.25 bits per heavy atom. The van der Waals surface area contributed by atoms with Crippen molar-refractivity contribution in [1.82, 2.24) is 0 Å². The van der Waals surface area contributed by atoms with Crippen molar-refractivity contribution >= 4 is 19.8 Å². The summed E-state index contributed by atoms with van der Waals surface area (Å²) in [6.45, 7) is 3.38. The monoisotopic (exact) mass is 922 g/mol. The molecular formula is C55H88NO8P. The summed E-state index contributed by atoms with van der Waals surface area (Å²) in [6, 6.07) is 0. The van der Waals surface area contributed by atoms with E-state index in [1.807, 2.05) is 12.2 Å². The van der Waals surface area contributed by atoms with Crippen molar-refractivity contribution in [3.8, 4) is 0 Å². The van der Waals surface area contributed by atoms with E-state index in [0.29, 0.717) is 12.8 Å². The zero-order valence-electron chi connectivity index (χ0n) is 40.4. The molecule has 0 heterocycles. The lowest BCUT2D eigenvalue weighted by atomic mass is 10.1. The van der Waals surface area contributed by atoms with Gasteiger partial charge in [-0.15, -0.1) is 0 Å². The van der Waals surface area contributed by atoms with Crippen LogP contribution >= 0.6 is 7.82 Å². The van der Waals surface area contributed by atoms with E-state index in [0.717, 1.165) is 96.3 Å². The van der Waals surface area contributed by atoms with E-state index in [9.17, 15) is 19.0 Å². The van der Waals surface area contributed by atoms with Crippen molar-refractivity contribution in [3.63, 3.8) is 0 Å². The number of phosphoric acid groups is 1. The van der Waals surface area contributed by atoms with Crippen molar-refractivity contribution in [2.75, 3.05) is 26.4 Å². The molecule has 0 aromatic carbocycles. The number of allylic oxidation sites excluding steroid dienone is 22. The van der Waals surface area contributed by atoms with Gasteiger partial charge in [-0.2, -0.15) is 0 Å². The van der Waals surface area contributed by atoms with Gasteiger partial charge in [0.25, 0.3) is 0 Å². The van der Waals surface area contributed by atoms with E-state index in [-0.39, 0.29) is 32.6 Å². The fourth-order valence-corrected chi connectivity index (χ4v) is 6.75. The number of unbranched alkanes of at least 4 members (excludes halogenated alkanes) is 9. The number of carbonyl (C=O) groups excluding carboxylic acids is 2. The van der Waals surface area contributed by atoms with Crippen molar-refractivity contribution < 1.29 is 37.6 Å². The van der Waals surface area contributed by atoms with Crippen LogP contribution in [0.2, 0.25) is 0 Å². The number of hydrogen-bond donors (Lipinski definition) is 2. The van der Waals surface area contributed by atoms with E-state index in [2.05, 4.69) is 135 Å². The van der Waals surface area contributed by atoms with Crippen LogP contribution in [-0.2, 0) is 32.7 Å². The van der Waals surface area contributed by atoms with Crippen molar-refractivity contribution in [1.29, 1.82) is 0 Å². The second kappa shape index (κ2) is 49.6. The molecule has 0 spiro atoms. The van der Waals surface area contributed by atoms with Gasteiger partial charge in [-0.3, -0.25) is 18.6 Å². The first-order chi connectivity index (χ1) is 31.8. The minimum absolute atomic E-state index is 0.0361. The zero-order chi connectivity index (χ0) is 47.4. The SMILES string of the molecule is CC/C=C\C/C=C\C/C=C\C/C=C\C/C=C\C/C=C\C/C=C\CCCCCCCCCCCC(=O)OC(COC(=O)CC/C=C\C/C=C\C/C=C\C/C=C\CC)COP(=O)(O)OCCN. The molecule has 65 heavy (non-hydrogen) atoms. The fourth-order valence-electron chi connectivity index (χ4n) is 5.98. The van der Waals surface area contributed by atoms with Gasteiger partial charge in [0.2, 0.25) is 0 Å². The molecule has 0 bridgehead atoms. The number of carbonyl (C=O) groups is 2. The molecule has 0 saturated heterocycles. The maximum absolute atomic E-state index is 12.6. The van der Waals surface area contributed by atoms with E-state index < -0.39 is 32.5 Å². The molecule has 2 unspecified atom stereocenters. The number of ether oxygens (including phenoxy) is 2. The van der Waals surface area contributed by atoms with Gasteiger partial charge < -0.3 is 20.1 Å². The average Bonchev–Trinajstić information content (AvgIpc) is 3.30. The minimum Gasteiger partial charge on any atom is -0.462 e. The Balaban J connectivity index is 4.10. The highest BCUT2D eigenvalue weighted by molar-refractivity contribution is 7.47. The van der Waals surface area contributed by atoms with Crippen LogP contribution in [0.25, 0.3) is 0 Å². The molecule has 10 heteroatoms. The highest BCUT2D eigenvalue weighted by Crippen LogP contribution is 2.43. The van der Waals surface area contributed by atoms with Gasteiger partial charge in [-0.25, -0.2) is 4.57 Å². The molecule has 9 nitrogen and oxygen atoms in total. The summed E-state index contributed by atoms with van der Waals surface area (Å²) in [5.74, 6) is -0.943. The molecule has 0 saturated carbocycles. The Morgan fingerprint density at radius 1 is 0.462 bits per heavy atom. The zero-order valence-corrected chi connectivity index (χ0v) is 41.3. The molecule has 0 amide bonds. The standard InChI is InChI=1S/C55H88NO8P/c1-3-5-7-9-11-13-15-17-18-19-20-21-22-23-24-25-26-27-28-29-30-31-32-33-34-36-38-40-42-44-46-48-55(58)64-53(52-63-65(59,60)62-50-49-56)51-61-54(57)47-45-43-41-39-37-35-16-14-12-10-8-6-4-2/h5-8,11-14,17-18,20-21,23-24,26-27,29-30,35,37,41,43,53H,3-4,9-10,15-16,19,22,25,28,31-34,36,38-40,42,44-52,56H2,1-2H3,(H,59,60)/b7-5-,8-6-,13-11-,14-12-,18-17-,21-20-,24-23-,27-26-,30-29-,37-35-,43-41-. The molecular weight excluding hydrogens is 834 g/mol. The number of hydrogen-bond acceptors (Lipinski definition) is 8. The van der Waals surface area contributed by atoms with Crippen LogP contribution in [0.5, 0.6) is 0 Å². The van der Waals surface area contributed by atoms with Crippen LogP contribution in [0.3, 0.4) is 0 Å². The largest absolute Gasteiger partial charge is 0.472 e. The van der Waals surface area contributed by atoms with Crippen LogP contribution in [0.4, 0.5) is 0 Å². The van der Waals surface area contributed by atoms with Crippen LogP contribution < -0.4 is 5.73 Å². The van der Waals surface area contributed by atoms with Gasteiger partial charge in [0, 0.05) is 19.4 Å². The molecule has 3 N–H and O–H groups in total. The third-order valence-electron chi connectivity index (χ3n) is 9.55. The molecule has 0 radical (unpaired) electrons. The quantitative estimate of drug-likeness (QED) is 0.0265. The lowest BCUT2D eigenvalue weighted by Crippen LogP contribution is -2.29. The Labute approximate surface area is 395 Å². The van der Waals surface area contributed by atoms with Gasteiger partial charge in [0.15, 0.2) is 6.10 Å². The molecule has 0 aliphatic heterocycles. The normalized spacial score (nSPS) is 14.3. The molecule has 0 aliphatic carbocycles. The molecule has 0 aromatic heterocycles. The topological polar surface area (TPSA) is 134 Å². The number of phosphoric ester groups is 1. The second-order valence-electron chi connectivity index (χ2n) is 15.6. The maximum atomic E-state index is 12.6. The predicted octanol–water partition coefficient (Wildman–Crippen LogP) is 15.1. The predicted molar refractivity (Wildman–Crippen MR) is 274 cm³/mol. The highest BCUT2D eigenvalue weighted by Gasteiger charge is 2.25. The molecule has 0 aliphatic rings. The third kappa shape index (κ3) is 49.4. The maximum Gasteiger partial charge on any atom is 0.472 e. The summed E-state index contributed by atoms with van der Waals surface area (Å²) in [5.41, 5.74) is 5.35. The second-order valence-corrected chi connectivity index (χ2v) is 17.0. The first kappa shape index (κ1) is 61.1. The van der Waals surface area contributed by atoms with Crippen LogP contribution in [-0.4, -0.2) is 49.3 Å². The summed E-state index contributed by atoms with van der Waals surface area (Å²) in [6.07, 6.45) is 69.4. The van der Waals surface area contributed by atoms with Gasteiger partial charge in [-0.05, 0) is 96.3 Å². The third-order valence-corrected chi connectivity index (χ3v) is 10.5. The fraction of sp³-hybridized carbons (Fsp3) is 0.564. The van der Waals surface area contributed by atoms with Crippen LogP contribution in [0.15, 0.2) is 134 Å². The summed E-state index contributed by atoms with van der Waals surface area (Å²) >= 11 is 0. The summed E-state index contributed by atoms with van der Waals surface area (Å²) in [5, 5.41) is 0. The molecule has 0 rings (SSSR count). The van der Waals surface area contributed by atoms with Crippen LogP contribution in [0, 0.1) is 0 Å². The number of nitrogens with two attached hydrogens (primary N) is 1. The lowest BCUT2D eigenvalue weighted by Gasteiger charge is -2.19. The minimum atomic E-state index is -4.41. The Morgan fingerprint density at radius 2 is 0.831 bits per heavy atom. The molecule has 0 aromatic rings. The van der Waals surface area contributed by atoms with Gasteiger partial charge in [-0.1, -0.05) is 192 Å². The van der Waals surface area contributed by atoms with Crippen molar-refractivity contribution in [2.45, 2.75) is 174 Å². The van der Waals surface area contributed by atoms with Crippen molar-refractivity contribution in [2.24, 2.45) is 5.73 Å². The first-order valence-corrected chi connectivity index (χ1v) is 26.2. The average molecular weight is 922 g/mol. The molecule has 2 atom stereocenters. The smallest absolute Gasteiger partial charge is 0.462 e. The highest BCUT2D eigenvalue weighted by atomic mass is 31.2. The van der Waals surface area contributed by atoms with E-state index >= 15 is 0 Å². The molecule has 366 valence electrons. The summed E-state index contributed by atoms with van der Waals surface area (Å²) in [7, 11) is -4.41. The first-order valence-electron chi connectivity index (χ1n) is 24.7. The Bertz CT molecular complexity index is 1520. The van der Waals surface area contributed by atoms with Crippen LogP contribution in [0.1, 0.15) is 168 Å². The van der Waals surface area contributed by atoms with E-state index in [1.165, 1.54) is 32.1 Å². The Hall–Kier alpha value is -3.85. The van der Waals surface area contributed by atoms with Gasteiger partial charge in [0.1, 0.15) is 6.61 Å². The van der Waals surface area contributed by atoms with Crippen molar-refractivity contribution in [3.05, 3.63) is 134 Å². The molecule has 0 fully saturated rings. The van der Waals surface area contributed by atoms with Gasteiger partial charge in [0.05, 0.1) is 13.2 Å². The van der Waals surface area contributed by atoms with Gasteiger partial charge >= 0.3 is 19.8 Å². The summed E-state index contributed by atoms with van der Waals surface area (Å²) < 4.78 is 32.7. The summed E-state index contributed by atoms with van der Waals surface area (Å²) in [4.78, 5) is 34.9. The number of esters is 2. The number of rotatable bonds is 44.